The lowest BCUT2D eigenvalue weighted by Gasteiger charge is -2.31. The normalized spacial score (nSPS) is 33.5. The van der Waals surface area contributed by atoms with Gasteiger partial charge in [0.25, 0.3) is 0 Å². The van der Waals surface area contributed by atoms with Gasteiger partial charge in [0.1, 0.15) is 5.78 Å². The molecule has 0 aromatic carbocycles. The molecule has 1 nitrogen and oxygen atoms in total. The van der Waals surface area contributed by atoms with Crippen LogP contribution in [-0.2, 0) is 4.79 Å². The Bertz CT molecular complexity index is 296. The molecule has 0 amide bonds. The molecule has 0 radical (unpaired) electrons. The second kappa shape index (κ2) is 3.13. The SMILES string of the molecule is CC1=CC=C2C(C)CCC(=O)C2C1. The number of carbonyl (C=O) groups is 1. The Kier molecular flexibility index (Phi) is 2.10. The molecule has 2 aliphatic carbocycles. The van der Waals surface area contributed by atoms with Crippen LogP contribution in [0.25, 0.3) is 0 Å². The maximum atomic E-state index is 11.7. The fourth-order valence-corrected chi connectivity index (χ4v) is 2.37. The summed E-state index contributed by atoms with van der Waals surface area (Å²) in [6, 6.07) is 0. The topological polar surface area (TPSA) is 17.1 Å². The van der Waals surface area contributed by atoms with Gasteiger partial charge in [0.05, 0.1) is 0 Å². The monoisotopic (exact) mass is 176 g/mol. The number of hydrogen-bond acceptors (Lipinski definition) is 1. The van der Waals surface area contributed by atoms with Crippen LogP contribution in [0.5, 0.6) is 0 Å². The second-order valence-electron chi connectivity index (χ2n) is 4.34. The molecule has 0 spiro atoms. The molecule has 0 bridgehead atoms. The second-order valence-corrected chi connectivity index (χ2v) is 4.34. The van der Waals surface area contributed by atoms with Crippen molar-refractivity contribution in [3.05, 3.63) is 23.3 Å². The predicted octanol–water partition coefficient (Wildman–Crippen LogP) is 2.88. The Hall–Kier alpha value is -0.850. The van der Waals surface area contributed by atoms with Crippen molar-refractivity contribution in [2.75, 3.05) is 0 Å². The van der Waals surface area contributed by atoms with Gasteiger partial charge in [-0.1, -0.05) is 30.2 Å². The van der Waals surface area contributed by atoms with Gasteiger partial charge in [-0.25, -0.2) is 0 Å². The van der Waals surface area contributed by atoms with E-state index < -0.39 is 0 Å². The fourth-order valence-electron chi connectivity index (χ4n) is 2.37. The van der Waals surface area contributed by atoms with Crippen LogP contribution >= 0.6 is 0 Å². The molecule has 1 fully saturated rings. The number of hydrogen-bond donors (Lipinski definition) is 0. The first-order valence-corrected chi connectivity index (χ1v) is 5.08. The molecule has 0 saturated heterocycles. The third-order valence-electron chi connectivity index (χ3n) is 3.27. The summed E-state index contributed by atoms with van der Waals surface area (Å²) in [4.78, 5) is 11.7. The van der Waals surface area contributed by atoms with E-state index in [-0.39, 0.29) is 5.92 Å². The third-order valence-corrected chi connectivity index (χ3v) is 3.27. The van der Waals surface area contributed by atoms with Gasteiger partial charge in [-0.15, -0.1) is 0 Å². The summed E-state index contributed by atoms with van der Waals surface area (Å²) >= 11 is 0. The summed E-state index contributed by atoms with van der Waals surface area (Å²) in [6.07, 6.45) is 7.14. The van der Waals surface area contributed by atoms with Gasteiger partial charge in [0.2, 0.25) is 0 Å². The molecule has 0 heterocycles. The Labute approximate surface area is 79.5 Å². The molecular weight excluding hydrogens is 160 g/mol. The van der Waals surface area contributed by atoms with E-state index in [1.807, 2.05) is 0 Å². The molecule has 2 atom stereocenters. The summed E-state index contributed by atoms with van der Waals surface area (Å²) in [5.74, 6) is 1.30. The van der Waals surface area contributed by atoms with Crippen LogP contribution < -0.4 is 0 Å². The quantitative estimate of drug-likeness (QED) is 0.554. The highest BCUT2D eigenvalue weighted by Gasteiger charge is 2.32. The van der Waals surface area contributed by atoms with Crippen molar-refractivity contribution >= 4 is 5.78 Å². The van der Waals surface area contributed by atoms with Gasteiger partial charge >= 0.3 is 0 Å². The van der Waals surface area contributed by atoms with Crippen molar-refractivity contribution in [1.82, 2.24) is 0 Å². The predicted molar refractivity (Wildman–Crippen MR) is 53.4 cm³/mol. The van der Waals surface area contributed by atoms with E-state index in [1.54, 1.807) is 0 Å². The minimum atomic E-state index is 0.230. The first-order valence-electron chi connectivity index (χ1n) is 5.08. The molecule has 0 N–H and O–H groups in total. The van der Waals surface area contributed by atoms with Crippen molar-refractivity contribution in [2.45, 2.75) is 33.1 Å². The van der Waals surface area contributed by atoms with E-state index in [0.717, 1.165) is 19.3 Å². The zero-order valence-corrected chi connectivity index (χ0v) is 8.34. The highest BCUT2D eigenvalue weighted by Crippen LogP contribution is 2.37. The zero-order valence-electron chi connectivity index (χ0n) is 8.34. The molecule has 2 rings (SSSR count). The number of allylic oxidation sites excluding steroid dienone is 4. The van der Waals surface area contributed by atoms with E-state index in [9.17, 15) is 4.79 Å². The Morgan fingerprint density at radius 1 is 1.38 bits per heavy atom. The Morgan fingerprint density at radius 3 is 2.92 bits per heavy atom. The van der Waals surface area contributed by atoms with E-state index in [2.05, 4.69) is 26.0 Å². The van der Waals surface area contributed by atoms with Crippen LogP contribution in [0.1, 0.15) is 33.1 Å². The van der Waals surface area contributed by atoms with Crippen LogP contribution in [0.4, 0.5) is 0 Å². The van der Waals surface area contributed by atoms with Gasteiger partial charge in [-0.05, 0) is 25.7 Å². The lowest BCUT2D eigenvalue weighted by Crippen LogP contribution is -2.28. The third kappa shape index (κ3) is 1.48. The molecule has 1 saturated carbocycles. The first-order chi connectivity index (χ1) is 6.18. The summed E-state index contributed by atoms with van der Waals surface area (Å²) in [7, 11) is 0. The van der Waals surface area contributed by atoms with E-state index in [0.29, 0.717) is 11.7 Å². The van der Waals surface area contributed by atoms with Gasteiger partial charge in [0.15, 0.2) is 0 Å². The molecule has 1 heteroatoms. The number of carbonyl (C=O) groups excluding carboxylic acids is 1. The maximum absolute atomic E-state index is 11.7. The zero-order chi connectivity index (χ0) is 9.42. The molecule has 0 aromatic rings. The van der Waals surface area contributed by atoms with Crippen LogP contribution in [0.15, 0.2) is 23.3 Å². The average molecular weight is 176 g/mol. The Morgan fingerprint density at radius 2 is 2.15 bits per heavy atom. The Balaban J connectivity index is 2.31. The van der Waals surface area contributed by atoms with Crippen molar-refractivity contribution < 1.29 is 4.79 Å². The first kappa shape index (κ1) is 8.74. The van der Waals surface area contributed by atoms with Crippen molar-refractivity contribution in [2.24, 2.45) is 11.8 Å². The van der Waals surface area contributed by atoms with Crippen molar-refractivity contribution in [3.8, 4) is 0 Å². The highest BCUT2D eigenvalue weighted by molar-refractivity contribution is 5.85. The maximum Gasteiger partial charge on any atom is 0.140 e. The fraction of sp³-hybridized carbons (Fsp3) is 0.583. The molecule has 13 heavy (non-hydrogen) atoms. The lowest BCUT2D eigenvalue weighted by molar-refractivity contribution is -0.123. The van der Waals surface area contributed by atoms with E-state index in [1.165, 1.54) is 11.1 Å². The number of ketones is 1. The van der Waals surface area contributed by atoms with Gasteiger partial charge < -0.3 is 0 Å². The largest absolute Gasteiger partial charge is 0.299 e. The summed E-state index contributed by atoms with van der Waals surface area (Å²) in [6.45, 7) is 4.35. The van der Waals surface area contributed by atoms with Gasteiger partial charge in [0, 0.05) is 12.3 Å². The molecule has 0 aromatic heterocycles. The minimum absolute atomic E-state index is 0.230. The standard InChI is InChI=1S/C12H16O/c1-8-3-5-10-9(2)4-6-12(13)11(10)7-8/h3,5,9,11H,4,6-7H2,1-2H3. The molecular formula is C12H16O. The lowest BCUT2D eigenvalue weighted by atomic mass is 9.72. The van der Waals surface area contributed by atoms with Crippen LogP contribution in [-0.4, -0.2) is 5.78 Å². The molecule has 0 aliphatic heterocycles. The minimum Gasteiger partial charge on any atom is -0.299 e. The number of Topliss-reactive ketones (excluding diaryl/α,β-unsaturated/α-hetero) is 1. The van der Waals surface area contributed by atoms with Crippen LogP contribution in [0, 0.1) is 11.8 Å². The molecule has 70 valence electrons. The van der Waals surface area contributed by atoms with Crippen LogP contribution in [0.3, 0.4) is 0 Å². The summed E-state index contributed by atoms with van der Waals surface area (Å²) in [5, 5.41) is 0. The summed E-state index contributed by atoms with van der Waals surface area (Å²) in [5.41, 5.74) is 2.72. The van der Waals surface area contributed by atoms with E-state index >= 15 is 0 Å². The van der Waals surface area contributed by atoms with Crippen molar-refractivity contribution in [1.29, 1.82) is 0 Å². The summed E-state index contributed by atoms with van der Waals surface area (Å²) < 4.78 is 0. The average Bonchev–Trinajstić information content (AvgIpc) is 2.12. The van der Waals surface area contributed by atoms with Crippen molar-refractivity contribution in [3.63, 3.8) is 0 Å². The number of rotatable bonds is 0. The van der Waals surface area contributed by atoms with Gasteiger partial charge in [-0.2, -0.15) is 0 Å². The number of fused-ring (bicyclic) bond motifs is 1. The smallest absolute Gasteiger partial charge is 0.140 e. The molecule has 2 aliphatic rings. The highest BCUT2D eigenvalue weighted by atomic mass is 16.1. The van der Waals surface area contributed by atoms with Gasteiger partial charge in [-0.3, -0.25) is 4.79 Å². The van der Waals surface area contributed by atoms with E-state index in [4.69, 9.17) is 0 Å². The molecule has 2 unspecified atom stereocenters. The van der Waals surface area contributed by atoms with Crippen LogP contribution in [0.2, 0.25) is 0 Å².